The van der Waals surface area contributed by atoms with Crippen molar-refractivity contribution in [1.29, 1.82) is 0 Å². The van der Waals surface area contributed by atoms with Crippen molar-refractivity contribution in [3.05, 3.63) is 23.3 Å². The predicted octanol–water partition coefficient (Wildman–Crippen LogP) is 3.05. The molecule has 3 rings (SSSR count). The zero-order chi connectivity index (χ0) is 11.5. The summed E-state index contributed by atoms with van der Waals surface area (Å²) in [6, 6.07) is 0. The van der Waals surface area contributed by atoms with Gasteiger partial charge in [0.2, 0.25) is 0 Å². The molecule has 0 N–H and O–H groups in total. The van der Waals surface area contributed by atoms with Crippen LogP contribution in [0.15, 0.2) is 23.3 Å². The maximum Gasteiger partial charge on any atom is 0.163 e. The van der Waals surface area contributed by atoms with E-state index in [1.54, 1.807) is 0 Å². The van der Waals surface area contributed by atoms with Crippen LogP contribution in [0.25, 0.3) is 0 Å². The number of hydrogen-bond acceptors (Lipinski definition) is 2. The Kier molecular flexibility index (Phi) is 2.11. The van der Waals surface area contributed by atoms with Crippen LogP contribution in [0.1, 0.15) is 34.1 Å². The first kappa shape index (κ1) is 10.5. The van der Waals surface area contributed by atoms with E-state index in [1.807, 2.05) is 13.8 Å². The summed E-state index contributed by atoms with van der Waals surface area (Å²) >= 11 is 0. The molecule has 1 saturated carbocycles. The first-order valence-corrected chi connectivity index (χ1v) is 6.26. The van der Waals surface area contributed by atoms with Gasteiger partial charge in [0.25, 0.3) is 0 Å². The molecule has 1 saturated heterocycles. The molecule has 0 radical (unpaired) electrons. The van der Waals surface area contributed by atoms with Gasteiger partial charge in [0.15, 0.2) is 5.79 Å². The quantitative estimate of drug-likeness (QED) is 0.624. The Bertz CT molecular complexity index is 344. The summed E-state index contributed by atoms with van der Waals surface area (Å²) in [6.07, 6.45) is 6.24. The molecule has 3 aliphatic rings. The molecule has 2 heteroatoms. The molecule has 4 atom stereocenters. The molecule has 2 fully saturated rings. The maximum atomic E-state index is 6.05. The number of fused-ring (bicyclic) bond motifs is 2. The van der Waals surface area contributed by atoms with E-state index in [0.29, 0.717) is 11.8 Å². The van der Waals surface area contributed by atoms with Crippen LogP contribution in [0.5, 0.6) is 0 Å². The van der Waals surface area contributed by atoms with Crippen molar-refractivity contribution in [2.24, 2.45) is 11.8 Å². The van der Waals surface area contributed by atoms with Gasteiger partial charge in [-0.3, -0.25) is 0 Å². The van der Waals surface area contributed by atoms with E-state index < -0.39 is 5.79 Å². The molecule has 0 aromatic carbocycles. The molecule has 0 aromatic heterocycles. The molecule has 0 spiro atoms. The topological polar surface area (TPSA) is 18.5 Å². The lowest BCUT2D eigenvalue weighted by molar-refractivity contribution is -0.149. The van der Waals surface area contributed by atoms with Crippen molar-refractivity contribution >= 4 is 0 Å². The fourth-order valence-corrected chi connectivity index (χ4v) is 3.39. The Labute approximate surface area is 97.3 Å². The van der Waals surface area contributed by atoms with Gasteiger partial charge in [0, 0.05) is 11.8 Å². The highest BCUT2D eigenvalue weighted by Crippen LogP contribution is 2.48. The number of allylic oxidation sites excluding steroid dienone is 2. The molecule has 0 amide bonds. The normalized spacial score (nSPS) is 44.8. The van der Waals surface area contributed by atoms with E-state index in [0.717, 1.165) is 6.42 Å². The molecular weight excluding hydrogens is 200 g/mol. The highest BCUT2D eigenvalue weighted by atomic mass is 16.8. The van der Waals surface area contributed by atoms with Gasteiger partial charge in [-0.1, -0.05) is 26.0 Å². The van der Waals surface area contributed by atoms with Crippen LogP contribution < -0.4 is 0 Å². The van der Waals surface area contributed by atoms with Gasteiger partial charge in [0.1, 0.15) is 0 Å². The van der Waals surface area contributed by atoms with Gasteiger partial charge < -0.3 is 9.47 Å². The molecule has 1 aliphatic heterocycles. The van der Waals surface area contributed by atoms with Crippen molar-refractivity contribution < 1.29 is 9.47 Å². The second kappa shape index (κ2) is 3.21. The predicted molar refractivity (Wildman–Crippen MR) is 62.9 cm³/mol. The highest BCUT2D eigenvalue weighted by molar-refractivity contribution is 5.44. The minimum Gasteiger partial charge on any atom is -0.344 e. The zero-order valence-corrected chi connectivity index (χ0v) is 10.5. The smallest absolute Gasteiger partial charge is 0.163 e. The SMILES string of the molecule is C[C@@H]1C2=CCC=C2[C@@H](C)[C@H]2OC(C)(C)O[C@@H]21. The van der Waals surface area contributed by atoms with E-state index in [1.165, 1.54) is 11.1 Å². The fraction of sp³-hybridized carbons (Fsp3) is 0.714. The summed E-state index contributed by atoms with van der Waals surface area (Å²) in [5, 5.41) is 0. The second-order valence-corrected chi connectivity index (χ2v) is 5.70. The van der Waals surface area contributed by atoms with Crippen molar-refractivity contribution in [1.82, 2.24) is 0 Å². The van der Waals surface area contributed by atoms with Crippen molar-refractivity contribution in [2.75, 3.05) is 0 Å². The van der Waals surface area contributed by atoms with Gasteiger partial charge in [0.05, 0.1) is 12.2 Å². The van der Waals surface area contributed by atoms with Crippen LogP contribution in [0.2, 0.25) is 0 Å². The van der Waals surface area contributed by atoms with E-state index in [9.17, 15) is 0 Å². The molecule has 2 aliphatic carbocycles. The van der Waals surface area contributed by atoms with Crippen LogP contribution in [0, 0.1) is 11.8 Å². The van der Waals surface area contributed by atoms with Crippen LogP contribution >= 0.6 is 0 Å². The molecule has 0 unspecified atom stereocenters. The molecule has 16 heavy (non-hydrogen) atoms. The zero-order valence-electron chi connectivity index (χ0n) is 10.5. The third-order valence-corrected chi connectivity index (χ3v) is 4.14. The monoisotopic (exact) mass is 220 g/mol. The standard InChI is InChI=1S/C14H20O2/c1-8-10-6-5-7-11(10)9(2)13-12(8)15-14(3,4)16-13/h6-9,12-13H,5H2,1-4H3/t8-,9-,12-,13-/m1/s1. The van der Waals surface area contributed by atoms with Gasteiger partial charge in [-0.15, -0.1) is 0 Å². The third kappa shape index (κ3) is 1.33. The highest BCUT2D eigenvalue weighted by Gasteiger charge is 2.51. The Morgan fingerprint density at radius 3 is 1.88 bits per heavy atom. The molecule has 0 bridgehead atoms. The van der Waals surface area contributed by atoms with Crippen molar-refractivity contribution in [3.63, 3.8) is 0 Å². The molecule has 2 nitrogen and oxygen atoms in total. The summed E-state index contributed by atoms with van der Waals surface area (Å²) in [4.78, 5) is 0. The lowest BCUT2D eigenvalue weighted by Crippen LogP contribution is -2.41. The minimum absolute atomic E-state index is 0.228. The Balaban J connectivity index is 1.98. The molecular formula is C14H20O2. The second-order valence-electron chi connectivity index (χ2n) is 5.70. The van der Waals surface area contributed by atoms with Crippen LogP contribution in [-0.2, 0) is 9.47 Å². The average Bonchev–Trinajstić information content (AvgIpc) is 2.78. The summed E-state index contributed by atoms with van der Waals surface area (Å²) in [5.74, 6) is 0.519. The van der Waals surface area contributed by atoms with Gasteiger partial charge in [-0.2, -0.15) is 0 Å². The van der Waals surface area contributed by atoms with Crippen LogP contribution in [0.4, 0.5) is 0 Å². The molecule has 0 aromatic rings. The van der Waals surface area contributed by atoms with Crippen LogP contribution in [0.3, 0.4) is 0 Å². The number of ether oxygens (including phenoxy) is 2. The maximum absolute atomic E-state index is 6.05. The first-order chi connectivity index (χ1) is 7.49. The summed E-state index contributed by atoms with van der Waals surface area (Å²) in [6.45, 7) is 8.56. The van der Waals surface area contributed by atoms with Gasteiger partial charge in [-0.25, -0.2) is 0 Å². The Morgan fingerprint density at radius 1 is 1.00 bits per heavy atom. The van der Waals surface area contributed by atoms with Crippen LogP contribution in [-0.4, -0.2) is 18.0 Å². The summed E-state index contributed by atoms with van der Waals surface area (Å²) < 4.78 is 12.1. The lowest BCUT2D eigenvalue weighted by Gasteiger charge is -2.36. The fourth-order valence-electron chi connectivity index (χ4n) is 3.39. The van der Waals surface area contributed by atoms with Gasteiger partial charge >= 0.3 is 0 Å². The molecule has 88 valence electrons. The minimum atomic E-state index is -0.419. The lowest BCUT2D eigenvalue weighted by atomic mass is 9.73. The first-order valence-electron chi connectivity index (χ1n) is 6.26. The largest absolute Gasteiger partial charge is 0.344 e. The number of hydrogen-bond donors (Lipinski definition) is 0. The van der Waals surface area contributed by atoms with Crippen molar-refractivity contribution in [2.45, 2.75) is 52.1 Å². The van der Waals surface area contributed by atoms with E-state index in [4.69, 9.17) is 9.47 Å². The number of rotatable bonds is 0. The average molecular weight is 220 g/mol. The molecule has 1 heterocycles. The summed E-state index contributed by atoms with van der Waals surface area (Å²) in [7, 11) is 0. The Morgan fingerprint density at radius 2 is 1.44 bits per heavy atom. The van der Waals surface area contributed by atoms with Crippen molar-refractivity contribution in [3.8, 4) is 0 Å². The summed E-state index contributed by atoms with van der Waals surface area (Å²) in [5.41, 5.74) is 2.99. The Hall–Kier alpha value is -0.600. The van der Waals surface area contributed by atoms with E-state index in [2.05, 4.69) is 26.0 Å². The van der Waals surface area contributed by atoms with E-state index in [-0.39, 0.29) is 12.2 Å². The third-order valence-electron chi connectivity index (χ3n) is 4.14. The van der Waals surface area contributed by atoms with E-state index >= 15 is 0 Å². The van der Waals surface area contributed by atoms with Gasteiger partial charge in [-0.05, 0) is 31.4 Å².